The smallest absolute Gasteiger partial charge is 0.338 e. The van der Waals surface area contributed by atoms with E-state index < -0.39 is 53.8 Å². The van der Waals surface area contributed by atoms with Gasteiger partial charge >= 0.3 is 17.9 Å². The van der Waals surface area contributed by atoms with Crippen LogP contribution in [0, 0.1) is 5.41 Å². The minimum absolute atomic E-state index is 0.294. The van der Waals surface area contributed by atoms with Crippen molar-refractivity contribution in [1.29, 1.82) is 0 Å². The summed E-state index contributed by atoms with van der Waals surface area (Å²) >= 11 is 0. The molecule has 1 amide bonds. The third-order valence-corrected chi connectivity index (χ3v) is 6.06. The number of hydrogen-bond acceptors (Lipinski definition) is 11. The Hall–Kier alpha value is -4.52. The van der Waals surface area contributed by atoms with Crippen molar-refractivity contribution in [3.63, 3.8) is 0 Å². The first-order chi connectivity index (χ1) is 18.9. The molecule has 0 spiro atoms. The normalized spacial score (nSPS) is 22.4. The predicted molar refractivity (Wildman–Crippen MR) is 138 cm³/mol. The van der Waals surface area contributed by atoms with Crippen molar-refractivity contribution in [3.05, 3.63) is 72.1 Å². The molecule has 2 aliphatic heterocycles. The van der Waals surface area contributed by atoms with Crippen molar-refractivity contribution < 1.29 is 38.1 Å². The fraction of sp³-hybridized carbons (Fsp3) is 0.407. The van der Waals surface area contributed by atoms with Crippen LogP contribution in [0.5, 0.6) is 0 Å². The molecular weight excluding hydrogens is 522 g/mol. The average molecular weight is 554 g/mol. The number of benzene rings is 1. The Labute approximate surface area is 230 Å². The summed E-state index contributed by atoms with van der Waals surface area (Å²) in [7, 11) is 1.76. The number of aromatic nitrogens is 3. The van der Waals surface area contributed by atoms with Gasteiger partial charge in [0.2, 0.25) is 5.82 Å². The van der Waals surface area contributed by atoms with Gasteiger partial charge in [-0.2, -0.15) is 0 Å². The third kappa shape index (κ3) is 6.54. The van der Waals surface area contributed by atoms with Gasteiger partial charge < -0.3 is 29.6 Å². The number of amides is 1. The van der Waals surface area contributed by atoms with Gasteiger partial charge in [-0.15, -0.1) is 5.10 Å². The molecule has 0 radical (unpaired) electrons. The van der Waals surface area contributed by atoms with Crippen LogP contribution in [0.25, 0.3) is 0 Å². The van der Waals surface area contributed by atoms with Crippen LogP contribution in [0.4, 0.5) is 0 Å². The van der Waals surface area contributed by atoms with Crippen LogP contribution in [0.2, 0.25) is 0 Å². The van der Waals surface area contributed by atoms with E-state index in [1.165, 1.54) is 6.33 Å². The van der Waals surface area contributed by atoms with E-state index in [-0.39, 0.29) is 12.4 Å². The zero-order valence-corrected chi connectivity index (χ0v) is 22.6. The van der Waals surface area contributed by atoms with E-state index in [4.69, 9.17) is 24.7 Å². The molecule has 13 nitrogen and oxygen atoms in total. The number of ether oxygens (including phenoxy) is 4. The molecule has 2 aromatic rings. The second-order valence-electron chi connectivity index (χ2n) is 10.3. The largest absolute Gasteiger partial charge is 0.459 e. The molecule has 2 N–H and O–H groups in total. The molecule has 4 atom stereocenters. The van der Waals surface area contributed by atoms with Crippen LogP contribution in [0.3, 0.4) is 0 Å². The Balaban J connectivity index is 1.66. The summed E-state index contributed by atoms with van der Waals surface area (Å²) in [5, 5.41) is 4.05. The van der Waals surface area contributed by atoms with Gasteiger partial charge in [-0.25, -0.2) is 19.3 Å². The third-order valence-electron chi connectivity index (χ3n) is 6.06. The van der Waals surface area contributed by atoms with Crippen LogP contribution in [0.1, 0.15) is 54.4 Å². The molecular formula is C27H31N5O8. The number of rotatable bonds is 8. The molecule has 1 aromatic carbocycles. The van der Waals surface area contributed by atoms with Crippen molar-refractivity contribution in [2.45, 2.75) is 51.7 Å². The monoisotopic (exact) mass is 553 g/mol. The Morgan fingerprint density at radius 3 is 2.42 bits per heavy atom. The van der Waals surface area contributed by atoms with Gasteiger partial charge in [0.05, 0.1) is 16.6 Å². The van der Waals surface area contributed by atoms with Gasteiger partial charge in [-0.05, 0) is 39.1 Å². The first-order valence-electron chi connectivity index (χ1n) is 12.5. The van der Waals surface area contributed by atoms with Crippen LogP contribution >= 0.6 is 0 Å². The highest BCUT2D eigenvalue weighted by atomic mass is 16.7. The molecule has 2 aliphatic rings. The number of nitrogens with zero attached hydrogens (tertiary/aromatic N) is 4. The number of carbonyl (C=O) groups excluding carboxylic acids is 4. The van der Waals surface area contributed by atoms with Crippen molar-refractivity contribution in [2.75, 3.05) is 13.7 Å². The standard InChI is InChI=1S/C27H31N5O8/c1-27(2,3)26(36)40-19-18(14-37-24(34)16-9-6-5-7-10-16)38-23(32-15-29-22(30-32)21(28)33)20(19)39-25(35)17-11-8-12-31(4)13-17/h5-10,12-13,15,18-20,23H,11,14H2,1-4H3,(H2,28,33)/t18-,19-,20-,23-/m1/s1. The van der Waals surface area contributed by atoms with E-state index in [2.05, 4.69) is 10.1 Å². The minimum Gasteiger partial charge on any atom is -0.459 e. The predicted octanol–water partition coefficient (Wildman–Crippen LogP) is 1.73. The highest BCUT2D eigenvalue weighted by Gasteiger charge is 2.52. The van der Waals surface area contributed by atoms with Crippen molar-refractivity contribution in [2.24, 2.45) is 11.1 Å². The van der Waals surface area contributed by atoms with Crippen LogP contribution in [-0.2, 0) is 28.5 Å². The Morgan fingerprint density at radius 2 is 1.80 bits per heavy atom. The molecule has 40 heavy (non-hydrogen) atoms. The Bertz CT molecular complexity index is 1330. The molecule has 212 valence electrons. The van der Waals surface area contributed by atoms with Gasteiger partial charge in [0.1, 0.15) is 19.0 Å². The maximum Gasteiger partial charge on any atom is 0.338 e. The lowest BCUT2D eigenvalue weighted by molar-refractivity contribution is -0.172. The van der Waals surface area contributed by atoms with Crippen molar-refractivity contribution >= 4 is 23.8 Å². The number of allylic oxidation sites excluding steroid dienone is 1. The topological polar surface area (TPSA) is 165 Å². The van der Waals surface area contributed by atoms with E-state index in [1.54, 1.807) is 81.5 Å². The van der Waals surface area contributed by atoms with Gasteiger partial charge in [-0.1, -0.05) is 24.3 Å². The van der Waals surface area contributed by atoms with E-state index in [0.29, 0.717) is 17.6 Å². The molecule has 13 heteroatoms. The molecule has 1 fully saturated rings. The van der Waals surface area contributed by atoms with Crippen molar-refractivity contribution in [1.82, 2.24) is 19.7 Å². The summed E-state index contributed by atoms with van der Waals surface area (Å²) in [6.45, 7) is 4.66. The molecule has 0 aliphatic carbocycles. The van der Waals surface area contributed by atoms with E-state index in [1.807, 2.05) is 0 Å². The number of nitrogens with two attached hydrogens (primary N) is 1. The zero-order chi connectivity index (χ0) is 29.0. The van der Waals surface area contributed by atoms with Gasteiger partial charge in [0.15, 0.2) is 18.4 Å². The fourth-order valence-corrected chi connectivity index (χ4v) is 3.97. The van der Waals surface area contributed by atoms with Crippen LogP contribution in [-0.4, -0.2) is 75.4 Å². The molecule has 0 saturated carbocycles. The highest BCUT2D eigenvalue weighted by molar-refractivity contribution is 5.90. The minimum atomic E-state index is -1.25. The second kappa shape index (κ2) is 11.7. The lowest BCUT2D eigenvalue weighted by Crippen LogP contribution is -2.43. The quantitative estimate of drug-likeness (QED) is 0.374. The second-order valence-corrected chi connectivity index (χ2v) is 10.3. The molecule has 0 bridgehead atoms. The number of esters is 3. The van der Waals surface area contributed by atoms with Crippen LogP contribution in [0.15, 0.2) is 60.7 Å². The molecule has 1 saturated heterocycles. The van der Waals surface area contributed by atoms with Gasteiger partial charge in [0.25, 0.3) is 5.91 Å². The molecule has 0 unspecified atom stereocenters. The first-order valence-corrected chi connectivity index (χ1v) is 12.5. The molecule has 4 rings (SSSR count). The number of carbonyl (C=O) groups is 4. The van der Waals surface area contributed by atoms with Crippen LogP contribution < -0.4 is 5.73 Å². The molecule has 3 heterocycles. The first kappa shape index (κ1) is 28.5. The van der Waals surface area contributed by atoms with E-state index in [9.17, 15) is 19.2 Å². The fourth-order valence-electron chi connectivity index (χ4n) is 3.97. The SMILES string of the molecule is CN1C=CCC(C(=O)O[C@@H]2[C@H](OC(=O)C(C)(C)C)[C@@H](COC(=O)c3ccccc3)O[C@H]2n2cnc(C(N)=O)n2)=C1. The van der Waals surface area contributed by atoms with Gasteiger partial charge in [0, 0.05) is 19.7 Å². The summed E-state index contributed by atoms with van der Waals surface area (Å²) in [5.74, 6) is -3.07. The summed E-state index contributed by atoms with van der Waals surface area (Å²) < 4.78 is 24.4. The highest BCUT2D eigenvalue weighted by Crippen LogP contribution is 2.36. The number of primary amides is 1. The summed E-state index contributed by atoms with van der Waals surface area (Å²) in [6, 6.07) is 8.32. The molecule has 1 aromatic heterocycles. The summed E-state index contributed by atoms with van der Waals surface area (Å²) in [4.78, 5) is 56.1. The average Bonchev–Trinajstić information content (AvgIpc) is 3.53. The summed E-state index contributed by atoms with van der Waals surface area (Å²) in [6.07, 6.45) is 1.99. The summed E-state index contributed by atoms with van der Waals surface area (Å²) in [5.41, 5.74) is 5.05. The zero-order valence-electron chi connectivity index (χ0n) is 22.6. The number of hydrogen-bond donors (Lipinski definition) is 1. The Kier molecular flexibility index (Phi) is 8.33. The maximum absolute atomic E-state index is 13.2. The van der Waals surface area contributed by atoms with Crippen molar-refractivity contribution in [3.8, 4) is 0 Å². The van der Waals surface area contributed by atoms with Gasteiger partial charge in [-0.3, -0.25) is 9.59 Å². The Morgan fingerprint density at radius 1 is 1.07 bits per heavy atom. The van der Waals surface area contributed by atoms with E-state index in [0.717, 1.165) is 4.68 Å². The lowest BCUT2D eigenvalue weighted by atomic mass is 9.97. The maximum atomic E-state index is 13.2. The lowest BCUT2D eigenvalue weighted by Gasteiger charge is -2.27. The van der Waals surface area contributed by atoms with E-state index >= 15 is 0 Å².